The third-order valence-corrected chi connectivity index (χ3v) is 5.33. The van der Waals surface area contributed by atoms with Gasteiger partial charge in [-0.25, -0.2) is 0 Å². The van der Waals surface area contributed by atoms with Gasteiger partial charge in [-0.3, -0.25) is 4.79 Å². The molecule has 1 aromatic heterocycles. The number of carbonyl (C=O) groups excluding carboxylic acids is 1. The third-order valence-electron chi connectivity index (χ3n) is 5.33. The molecule has 0 saturated heterocycles. The number of aromatic nitrogens is 1. The number of carbonyl (C=O) groups is 1. The molecular weight excluding hydrogens is 366 g/mol. The maximum absolute atomic E-state index is 13.0. The first-order chi connectivity index (χ1) is 14.4. The second kappa shape index (κ2) is 8.08. The van der Waals surface area contributed by atoms with E-state index in [1.54, 1.807) is 0 Å². The molecule has 0 atom stereocenters. The van der Waals surface area contributed by atoms with Crippen LogP contribution in [-0.4, -0.2) is 5.78 Å². The van der Waals surface area contributed by atoms with E-state index in [2.05, 4.69) is 61.7 Å². The lowest BCUT2D eigenvalue weighted by Gasteiger charge is -2.18. The molecule has 148 valence electrons. The molecule has 3 aromatic carbocycles. The summed E-state index contributed by atoms with van der Waals surface area (Å²) in [6.07, 6.45) is 1.95. The van der Waals surface area contributed by atoms with E-state index in [1.165, 1.54) is 5.56 Å². The van der Waals surface area contributed by atoms with E-state index in [1.807, 2.05) is 66.9 Å². The van der Waals surface area contributed by atoms with Gasteiger partial charge in [0, 0.05) is 29.3 Å². The van der Waals surface area contributed by atoms with Crippen molar-refractivity contribution < 1.29 is 9.36 Å². The Hall–Kier alpha value is -3.52. The zero-order valence-electron chi connectivity index (χ0n) is 17.7. The van der Waals surface area contributed by atoms with Gasteiger partial charge in [-0.1, -0.05) is 81.4 Å². The molecule has 0 saturated carbocycles. The molecule has 0 spiro atoms. The van der Waals surface area contributed by atoms with E-state index in [9.17, 15) is 4.79 Å². The molecule has 0 bridgehead atoms. The molecule has 4 rings (SSSR count). The average Bonchev–Trinajstić information content (AvgIpc) is 2.79. The monoisotopic (exact) mass is 392 g/mol. The lowest BCUT2D eigenvalue weighted by atomic mass is 9.87. The summed E-state index contributed by atoms with van der Waals surface area (Å²) in [5.41, 5.74) is 5.92. The van der Waals surface area contributed by atoms with Crippen molar-refractivity contribution in [2.75, 3.05) is 0 Å². The topological polar surface area (TPSA) is 20.9 Å². The molecule has 0 aliphatic carbocycles. The summed E-state index contributed by atoms with van der Waals surface area (Å²) in [4.78, 5) is 13.0. The van der Waals surface area contributed by atoms with Crippen LogP contribution in [0.2, 0.25) is 0 Å². The highest BCUT2D eigenvalue weighted by Gasteiger charge is 2.21. The van der Waals surface area contributed by atoms with Crippen LogP contribution in [0, 0.1) is 0 Å². The van der Waals surface area contributed by atoms with Crippen molar-refractivity contribution in [1.29, 1.82) is 0 Å². The molecule has 0 unspecified atom stereocenters. The maximum atomic E-state index is 13.0. The second-order valence-corrected chi connectivity index (χ2v) is 8.53. The van der Waals surface area contributed by atoms with Gasteiger partial charge in [-0.05, 0) is 29.2 Å². The number of nitrogens with zero attached hydrogens (tertiary/aromatic N) is 1. The minimum Gasteiger partial charge on any atom is -0.288 e. The van der Waals surface area contributed by atoms with Gasteiger partial charge in [0.05, 0.1) is 5.56 Å². The fraction of sp³-hybridized carbons (Fsp3) is 0.143. The summed E-state index contributed by atoms with van der Waals surface area (Å²) in [7, 11) is 0. The fourth-order valence-corrected chi connectivity index (χ4v) is 3.57. The van der Waals surface area contributed by atoms with Crippen molar-refractivity contribution in [3.63, 3.8) is 0 Å². The van der Waals surface area contributed by atoms with E-state index in [4.69, 9.17) is 0 Å². The highest BCUT2D eigenvalue weighted by Crippen LogP contribution is 2.24. The van der Waals surface area contributed by atoms with Crippen molar-refractivity contribution in [1.82, 2.24) is 0 Å². The van der Waals surface area contributed by atoms with Crippen LogP contribution in [0.5, 0.6) is 0 Å². The van der Waals surface area contributed by atoms with Crippen LogP contribution >= 0.6 is 0 Å². The van der Waals surface area contributed by atoms with Crippen LogP contribution in [-0.2, 0) is 5.41 Å². The number of rotatable bonds is 4. The van der Waals surface area contributed by atoms with Gasteiger partial charge in [-0.15, -0.1) is 0 Å². The van der Waals surface area contributed by atoms with Crippen molar-refractivity contribution in [3.8, 4) is 16.9 Å². The summed E-state index contributed by atoms with van der Waals surface area (Å²) < 4.78 is 2.11. The Morgan fingerprint density at radius 2 is 1.27 bits per heavy atom. The molecule has 2 nitrogen and oxygen atoms in total. The summed E-state index contributed by atoms with van der Waals surface area (Å²) in [6.45, 7) is 6.64. The predicted octanol–water partition coefficient (Wildman–Crippen LogP) is 6.16. The Bertz CT molecular complexity index is 1150. The van der Waals surface area contributed by atoms with Gasteiger partial charge in [0.15, 0.2) is 12.0 Å². The van der Waals surface area contributed by atoms with E-state index in [0.717, 1.165) is 16.9 Å². The van der Waals surface area contributed by atoms with Crippen molar-refractivity contribution in [2.24, 2.45) is 0 Å². The Morgan fingerprint density at radius 3 is 1.87 bits per heavy atom. The van der Waals surface area contributed by atoms with Gasteiger partial charge in [-0.2, -0.15) is 4.57 Å². The molecule has 0 aliphatic rings. The van der Waals surface area contributed by atoms with Crippen LogP contribution in [0.3, 0.4) is 0 Å². The molecule has 0 radical (unpaired) electrons. The normalized spacial score (nSPS) is 11.3. The Kier molecular flexibility index (Phi) is 5.33. The molecular formula is C28H26NO+. The van der Waals surface area contributed by atoms with Gasteiger partial charge in [0.25, 0.3) is 0 Å². The minimum absolute atomic E-state index is 0.0234. The summed E-state index contributed by atoms with van der Waals surface area (Å²) in [6, 6.07) is 32.2. The van der Waals surface area contributed by atoms with E-state index in [-0.39, 0.29) is 11.2 Å². The van der Waals surface area contributed by atoms with Crippen LogP contribution in [0.4, 0.5) is 0 Å². The molecule has 1 heterocycles. The molecule has 0 amide bonds. The van der Waals surface area contributed by atoms with Crippen LogP contribution in [0.1, 0.15) is 42.3 Å². The van der Waals surface area contributed by atoms with Gasteiger partial charge in [0.2, 0.25) is 11.4 Å². The van der Waals surface area contributed by atoms with Crippen molar-refractivity contribution in [2.45, 2.75) is 26.2 Å². The summed E-state index contributed by atoms with van der Waals surface area (Å²) >= 11 is 0. The number of benzene rings is 3. The van der Waals surface area contributed by atoms with E-state index in [0.29, 0.717) is 11.1 Å². The smallest absolute Gasteiger partial charge is 0.218 e. The third kappa shape index (κ3) is 4.08. The Morgan fingerprint density at radius 1 is 0.667 bits per heavy atom. The average molecular weight is 393 g/mol. The van der Waals surface area contributed by atoms with E-state index < -0.39 is 0 Å². The lowest BCUT2D eigenvalue weighted by molar-refractivity contribution is -0.584. The second-order valence-electron chi connectivity index (χ2n) is 8.53. The first kappa shape index (κ1) is 19.8. The lowest BCUT2D eigenvalue weighted by Crippen LogP contribution is -2.34. The molecule has 2 heteroatoms. The van der Waals surface area contributed by atoms with Crippen LogP contribution < -0.4 is 4.57 Å². The largest absolute Gasteiger partial charge is 0.288 e. The van der Waals surface area contributed by atoms with Crippen LogP contribution in [0.15, 0.2) is 103 Å². The standard InChI is InChI=1S/C28H26NO/c1-28(2,3)24-15-17-25(18-16-24)29-20-23(27(30)22-12-8-5-9-13-22)14-19-26(29)21-10-6-4-7-11-21/h4-20H,1-3H3/q+1. The zero-order chi connectivity index (χ0) is 21.1. The van der Waals surface area contributed by atoms with E-state index >= 15 is 0 Å². The highest BCUT2D eigenvalue weighted by atomic mass is 16.1. The van der Waals surface area contributed by atoms with Crippen LogP contribution in [0.25, 0.3) is 16.9 Å². The number of ketones is 1. The number of pyridine rings is 1. The molecule has 0 N–H and O–H groups in total. The molecule has 30 heavy (non-hydrogen) atoms. The van der Waals surface area contributed by atoms with Gasteiger partial charge in [0.1, 0.15) is 0 Å². The predicted molar refractivity (Wildman–Crippen MR) is 122 cm³/mol. The highest BCUT2D eigenvalue weighted by molar-refractivity contribution is 6.08. The number of hydrogen-bond donors (Lipinski definition) is 0. The quantitative estimate of drug-likeness (QED) is 0.301. The van der Waals surface area contributed by atoms with Crippen molar-refractivity contribution in [3.05, 3.63) is 120 Å². The Labute approximate surface area is 178 Å². The zero-order valence-corrected chi connectivity index (χ0v) is 17.7. The minimum atomic E-state index is 0.0234. The van der Waals surface area contributed by atoms with Gasteiger partial charge >= 0.3 is 0 Å². The summed E-state index contributed by atoms with van der Waals surface area (Å²) in [5.74, 6) is 0.0234. The van der Waals surface area contributed by atoms with Crippen molar-refractivity contribution >= 4 is 5.78 Å². The molecule has 0 fully saturated rings. The fourth-order valence-electron chi connectivity index (χ4n) is 3.57. The molecule has 4 aromatic rings. The van der Waals surface area contributed by atoms with Gasteiger partial charge < -0.3 is 0 Å². The maximum Gasteiger partial charge on any atom is 0.218 e. The summed E-state index contributed by atoms with van der Waals surface area (Å²) in [5, 5.41) is 0. The first-order valence-electron chi connectivity index (χ1n) is 10.3. The first-order valence-corrected chi connectivity index (χ1v) is 10.3. The SMILES string of the molecule is CC(C)(C)c1ccc(-[n+]2cc(C(=O)c3ccccc3)ccc2-c2ccccc2)cc1. The molecule has 0 aliphatic heterocycles. The Balaban J connectivity index is 1.84. The number of hydrogen-bond acceptors (Lipinski definition) is 1.